The van der Waals surface area contributed by atoms with Gasteiger partial charge in [0, 0.05) is 23.2 Å². The minimum atomic E-state index is -0.627. The summed E-state index contributed by atoms with van der Waals surface area (Å²) in [6, 6.07) is 6.56. The smallest absolute Gasteiger partial charge is 0.223 e. The number of pyridine rings is 1. The molecule has 0 saturated carbocycles. The van der Waals surface area contributed by atoms with Crippen molar-refractivity contribution in [3.05, 3.63) is 53.7 Å². The summed E-state index contributed by atoms with van der Waals surface area (Å²) in [5, 5.41) is 0.521. The van der Waals surface area contributed by atoms with Gasteiger partial charge in [0.1, 0.15) is 5.82 Å². The lowest BCUT2D eigenvalue weighted by Gasteiger charge is -2.08. The average Bonchev–Trinajstić information content (AvgIpc) is 2.34. The van der Waals surface area contributed by atoms with E-state index in [2.05, 4.69) is 20.9 Å². The van der Waals surface area contributed by atoms with Gasteiger partial charge in [-0.05, 0) is 18.2 Å². The topological polar surface area (TPSA) is 22.1 Å². The minimum absolute atomic E-state index is 0.175. The van der Waals surface area contributed by atoms with E-state index >= 15 is 0 Å². The number of halogens is 3. The van der Waals surface area contributed by atoms with E-state index in [4.69, 9.17) is 4.74 Å². The summed E-state index contributed by atoms with van der Waals surface area (Å²) in [5.41, 5.74) is 0.760. The molecule has 0 aliphatic heterocycles. The first-order chi connectivity index (χ1) is 8.20. The largest absolute Gasteiger partial charge is 0.436 e. The molecular weight excluding hydrogens is 292 g/mol. The highest BCUT2D eigenvalue weighted by Crippen LogP contribution is 2.27. The van der Waals surface area contributed by atoms with Gasteiger partial charge < -0.3 is 4.74 Å². The van der Waals surface area contributed by atoms with Crippen LogP contribution in [0.25, 0.3) is 0 Å². The molecule has 0 aliphatic carbocycles. The molecule has 88 valence electrons. The first-order valence-corrected chi connectivity index (χ1v) is 5.95. The van der Waals surface area contributed by atoms with Crippen LogP contribution < -0.4 is 4.74 Å². The van der Waals surface area contributed by atoms with E-state index in [1.165, 1.54) is 6.20 Å². The third-order valence-corrected chi connectivity index (χ3v) is 2.70. The van der Waals surface area contributed by atoms with Gasteiger partial charge in [-0.1, -0.05) is 22.0 Å². The lowest BCUT2D eigenvalue weighted by molar-refractivity contribution is 0.419. The molecule has 0 fully saturated rings. The number of hydrogen-bond donors (Lipinski definition) is 0. The lowest BCUT2D eigenvalue weighted by Crippen LogP contribution is -1.95. The molecule has 0 aliphatic rings. The maximum atomic E-state index is 13.4. The zero-order valence-electron chi connectivity index (χ0n) is 8.66. The van der Waals surface area contributed by atoms with Crippen LogP contribution in [-0.2, 0) is 5.33 Å². The fourth-order valence-corrected chi connectivity index (χ4v) is 1.70. The molecule has 2 rings (SSSR count). The van der Waals surface area contributed by atoms with E-state index in [1.54, 1.807) is 12.1 Å². The molecule has 0 N–H and O–H groups in total. The molecule has 1 heterocycles. The molecule has 1 aromatic heterocycles. The van der Waals surface area contributed by atoms with Crippen molar-refractivity contribution < 1.29 is 13.5 Å². The van der Waals surface area contributed by atoms with Crippen molar-refractivity contribution >= 4 is 15.9 Å². The molecular formula is C12H8BrF2NO. The highest BCUT2D eigenvalue weighted by atomic mass is 79.9. The summed E-state index contributed by atoms with van der Waals surface area (Å²) < 4.78 is 31.6. The summed E-state index contributed by atoms with van der Waals surface area (Å²) in [5.74, 6) is -1.10. The van der Waals surface area contributed by atoms with Gasteiger partial charge in [0.25, 0.3) is 0 Å². The van der Waals surface area contributed by atoms with Gasteiger partial charge in [0.05, 0.1) is 0 Å². The standard InChI is InChI=1S/C12H8BrF2NO/c13-7-8-2-1-5-16-12(8)17-11-6-9(14)3-4-10(11)15/h1-6H,7H2. The highest BCUT2D eigenvalue weighted by molar-refractivity contribution is 9.08. The number of nitrogens with zero attached hydrogens (tertiary/aromatic N) is 1. The Balaban J connectivity index is 2.34. The maximum Gasteiger partial charge on any atom is 0.223 e. The molecule has 2 aromatic rings. The Kier molecular flexibility index (Phi) is 3.68. The van der Waals surface area contributed by atoms with Crippen LogP contribution in [0, 0.1) is 11.6 Å². The molecule has 0 radical (unpaired) electrons. The van der Waals surface area contributed by atoms with Gasteiger partial charge in [-0.3, -0.25) is 0 Å². The Morgan fingerprint density at radius 1 is 1.24 bits per heavy atom. The first kappa shape index (κ1) is 12.0. The predicted octanol–water partition coefficient (Wildman–Crippen LogP) is 4.05. The van der Waals surface area contributed by atoms with E-state index in [0.717, 1.165) is 23.8 Å². The zero-order chi connectivity index (χ0) is 12.3. The van der Waals surface area contributed by atoms with Crippen LogP contribution in [0.2, 0.25) is 0 Å². The van der Waals surface area contributed by atoms with Crippen molar-refractivity contribution in [2.24, 2.45) is 0 Å². The molecule has 5 heteroatoms. The van der Waals surface area contributed by atoms with Crippen molar-refractivity contribution in [1.82, 2.24) is 4.98 Å². The number of benzene rings is 1. The SMILES string of the molecule is Fc1ccc(F)c(Oc2ncccc2CBr)c1. The number of aromatic nitrogens is 1. The Morgan fingerprint density at radius 3 is 2.82 bits per heavy atom. The molecule has 0 amide bonds. The zero-order valence-corrected chi connectivity index (χ0v) is 10.2. The Morgan fingerprint density at radius 2 is 2.06 bits per heavy atom. The predicted molar refractivity (Wildman–Crippen MR) is 63.3 cm³/mol. The van der Waals surface area contributed by atoms with Crippen LogP contribution in [0.4, 0.5) is 8.78 Å². The second-order valence-corrected chi connectivity index (χ2v) is 3.84. The molecule has 0 atom stereocenters. The van der Waals surface area contributed by atoms with E-state index in [1.807, 2.05) is 0 Å². The van der Waals surface area contributed by atoms with Crippen LogP contribution >= 0.6 is 15.9 Å². The van der Waals surface area contributed by atoms with Crippen LogP contribution in [-0.4, -0.2) is 4.98 Å². The minimum Gasteiger partial charge on any atom is -0.436 e. The van der Waals surface area contributed by atoms with Crippen molar-refractivity contribution in [3.8, 4) is 11.6 Å². The Labute approximate surface area is 105 Å². The number of rotatable bonds is 3. The van der Waals surface area contributed by atoms with E-state index in [-0.39, 0.29) is 11.6 Å². The third-order valence-electron chi connectivity index (χ3n) is 2.09. The first-order valence-electron chi connectivity index (χ1n) is 4.83. The summed E-state index contributed by atoms with van der Waals surface area (Å²) in [4.78, 5) is 3.97. The van der Waals surface area contributed by atoms with Crippen LogP contribution in [0.3, 0.4) is 0 Å². The molecule has 0 unspecified atom stereocenters. The average molecular weight is 300 g/mol. The number of ether oxygens (including phenoxy) is 1. The molecule has 17 heavy (non-hydrogen) atoms. The van der Waals surface area contributed by atoms with E-state index in [9.17, 15) is 8.78 Å². The second kappa shape index (κ2) is 5.23. The Bertz CT molecular complexity index is 534. The molecule has 0 bridgehead atoms. The van der Waals surface area contributed by atoms with Gasteiger partial charge in [-0.15, -0.1) is 0 Å². The normalized spacial score (nSPS) is 10.3. The highest BCUT2D eigenvalue weighted by Gasteiger charge is 2.09. The monoisotopic (exact) mass is 299 g/mol. The number of alkyl halides is 1. The fraction of sp³-hybridized carbons (Fsp3) is 0.0833. The molecule has 1 aromatic carbocycles. The third kappa shape index (κ3) is 2.79. The van der Waals surface area contributed by atoms with Gasteiger partial charge in [0.2, 0.25) is 5.88 Å². The van der Waals surface area contributed by atoms with Crippen molar-refractivity contribution in [3.63, 3.8) is 0 Å². The van der Waals surface area contributed by atoms with Crippen molar-refractivity contribution in [2.75, 3.05) is 0 Å². The van der Waals surface area contributed by atoms with Crippen LogP contribution in [0.15, 0.2) is 36.5 Å². The van der Waals surface area contributed by atoms with Crippen LogP contribution in [0.1, 0.15) is 5.56 Å². The fourth-order valence-electron chi connectivity index (χ4n) is 1.28. The van der Waals surface area contributed by atoms with Gasteiger partial charge in [-0.2, -0.15) is 0 Å². The van der Waals surface area contributed by atoms with Gasteiger partial charge in [0.15, 0.2) is 11.6 Å². The molecule has 2 nitrogen and oxygen atoms in total. The summed E-state index contributed by atoms with van der Waals surface area (Å²) in [6.45, 7) is 0. The molecule has 0 spiro atoms. The summed E-state index contributed by atoms with van der Waals surface area (Å²) >= 11 is 3.27. The van der Waals surface area contributed by atoms with Gasteiger partial charge in [-0.25, -0.2) is 13.8 Å². The van der Waals surface area contributed by atoms with Crippen LogP contribution in [0.5, 0.6) is 11.6 Å². The lowest BCUT2D eigenvalue weighted by atomic mass is 10.3. The van der Waals surface area contributed by atoms with Crippen molar-refractivity contribution in [1.29, 1.82) is 0 Å². The summed E-state index contributed by atoms with van der Waals surface area (Å²) in [7, 11) is 0. The van der Waals surface area contributed by atoms with Gasteiger partial charge >= 0.3 is 0 Å². The van der Waals surface area contributed by atoms with E-state index < -0.39 is 11.6 Å². The maximum absolute atomic E-state index is 13.4. The quantitative estimate of drug-likeness (QED) is 0.798. The summed E-state index contributed by atoms with van der Waals surface area (Å²) in [6.07, 6.45) is 1.53. The van der Waals surface area contributed by atoms with Crippen molar-refractivity contribution in [2.45, 2.75) is 5.33 Å². The Hall–Kier alpha value is -1.49. The van der Waals surface area contributed by atoms with E-state index in [0.29, 0.717) is 5.33 Å². The number of hydrogen-bond acceptors (Lipinski definition) is 2. The molecule has 0 saturated heterocycles. The second-order valence-electron chi connectivity index (χ2n) is 3.28.